The summed E-state index contributed by atoms with van der Waals surface area (Å²) in [6, 6.07) is 70.5. The first-order valence-electron chi connectivity index (χ1n) is 18.8. The van der Waals surface area contributed by atoms with Gasteiger partial charge in [-0.05, 0) is 89.5 Å². The van der Waals surface area contributed by atoms with E-state index in [9.17, 15) is 0 Å². The zero-order valence-corrected chi connectivity index (χ0v) is 30.7. The molecule has 0 N–H and O–H groups in total. The van der Waals surface area contributed by atoms with Crippen molar-refractivity contribution < 1.29 is 0 Å². The molecule has 0 unspecified atom stereocenters. The van der Waals surface area contributed by atoms with E-state index in [1.165, 1.54) is 91.4 Å². The molecular formula is C53H33NS. The van der Waals surface area contributed by atoms with Crippen LogP contribution in [0.1, 0.15) is 0 Å². The van der Waals surface area contributed by atoms with Crippen molar-refractivity contribution in [1.82, 2.24) is 4.98 Å². The number of pyridine rings is 1. The van der Waals surface area contributed by atoms with Gasteiger partial charge in [0.05, 0.1) is 5.69 Å². The van der Waals surface area contributed by atoms with E-state index in [4.69, 9.17) is 4.98 Å². The zero-order valence-electron chi connectivity index (χ0n) is 29.9. The van der Waals surface area contributed by atoms with Crippen molar-refractivity contribution in [3.05, 3.63) is 200 Å². The van der Waals surface area contributed by atoms with Gasteiger partial charge >= 0.3 is 0 Å². The van der Waals surface area contributed by atoms with Gasteiger partial charge < -0.3 is 0 Å². The predicted molar refractivity (Wildman–Crippen MR) is 237 cm³/mol. The fourth-order valence-electron chi connectivity index (χ4n) is 8.44. The molecule has 0 radical (unpaired) electrons. The molecule has 2 heteroatoms. The molecule has 2 aromatic heterocycles. The molecule has 55 heavy (non-hydrogen) atoms. The number of benzene rings is 9. The van der Waals surface area contributed by atoms with Crippen LogP contribution in [0.3, 0.4) is 0 Å². The summed E-state index contributed by atoms with van der Waals surface area (Å²) >= 11 is 1.89. The molecule has 1 nitrogen and oxygen atoms in total. The van der Waals surface area contributed by atoms with Crippen LogP contribution < -0.4 is 0 Å². The van der Waals surface area contributed by atoms with Gasteiger partial charge in [-0.15, -0.1) is 11.3 Å². The normalized spacial score (nSPS) is 11.6. The second-order valence-electron chi connectivity index (χ2n) is 14.3. The predicted octanol–water partition coefficient (Wildman–Crippen LogP) is 15.2. The zero-order chi connectivity index (χ0) is 36.3. The van der Waals surface area contributed by atoms with Crippen LogP contribution in [0.4, 0.5) is 0 Å². The van der Waals surface area contributed by atoms with Crippen LogP contribution in [0.15, 0.2) is 200 Å². The van der Waals surface area contributed by atoms with E-state index in [1.54, 1.807) is 0 Å². The SMILES string of the molecule is c1ccc(-c2ccc(-c3c4ccccc4c(-c4ccc(-c5ccc(-c6ccc7sc8c9ccccc9ccc8c7c6)cc5)nc4)c4ccccc34)cc2)cc1. The summed E-state index contributed by atoms with van der Waals surface area (Å²) < 4.78 is 2.68. The van der Waals surface area contributed by atoms with Gasteiger partial charge in [0.1, 0.15) is 0 Å². The molecule has 0 amide bonds. The fraction of sp³-hybridized carbons (Fsp3) is 0. The van der Waals surface area contributed by atoms with E-state index in [0.717, 1.165) is 16.8 Å². The third kappa shape index (κ3) is 5.34. The summed E-state index contributed by atoms with van der Waals surface area (Å²) in [7, 11) is 0. The van der Waals surface area contributed by atoms with Crippen LogP contribution >= 0.6 is 11.3 Å². The Labute approximate surface area is 323 Å². The van der Waals surface area contributed by atoms with Gasteiger partial charge in [-0.2, -0.15) is 0 Å². The van der Waals surface area contributed by atoms with E-state index in [1.807, 2.05) is 17.5 Å². The van der Waals surface area contributed by atoms with Crippen molar-refractivity contribution in [2.24, 2.45) is 0 Å². The Morgan fingerprint density at radius 1 is 0.309 bits per heavy atom. The smallest absolute Gasteiger partial charge is 0.0702 e. The maximum absolute atomic E-state index is 5.05. The molecule has 11 rings (SSSR count). The number of hydrogen-bond acceptors (Lipinski definition) is 2. The second-order valence-corrected chi connectivity index (χ2v) is 15.3. The Kier molecular flexibility index (Phi) is 7.43. The second kappa shape index (κ2) is 12.9. The summed E-state index contributed by atoms with van der Waals surface area (Å²) in [4.78, 5) is 5.05. The average Bonchev–Trinajstić information content (AvgIpc) is 3.65. The fourth-order valence-corrected chi connectivity index (χ4v) is 9.66. The van der Waals surface area contributed by atoms with Crippen LogP contribution in [0.2, 0.25) is 0 Å². The van der Waals surface area contributed by atoms with Crippen LogP contribution in [-0.2, 0) is 0 Å². The highest BCUT2D eigenvalue weighted by atomic mass is 32.1. The van der Waals surface area contributed by atoms with Gasteiger partial charge in [0, 0.05) is 37.5 Å². The maximum Gasteiger partial charge on any atom is 0.0702 e. The minimum Gasteiger partial charge on any atom is -0.256 e. The van der Waals surface area contributed by atoms with Gasteiger partial charge in [-0.1, -0.05) is 176 Å². The first kappa shape index (κ1) is 31.6. The van der Waals surface area contributed by atoms with Crippen molar-refractivity contribution in [1.29, 1.82) is 0 Å². The van der Waals surface area contributed by atoms with Gasteiger partial charge in [-0.25, -0.2) is 0 Å². The van der Waals surface area contributed by atoms with E-state index < -0.39 is 0 Å². The largest absolute Gasteiger partial charge is 0.256 e. The summed E-state index contributed by atoms with van der Waals surface area (Å²) in [5.74, 6) is 0. The first-order chi connectivity index (χ1) is 27.3. The Morgan fingerprint density at radius 3 is 1.47 bits per heavy atom. The van der Waals surface area contributed by atoms with E-state index in [0.29, 0.717) is 0 Å². The Hall–Kier alpha value is -6.87. The molecule has 0 saturated carbocycles. The maximum atomic E-state index is 5.05. The van der Waals surface area contributed by atoms with Gasteiger partial charge in [0.2, 0.25) is 0 Å². The number of nitrogens with zero attached hydrogens (tertiary/aromatic N) is 1. The van der Waals surface area contributed by atoms with E-state index >= 15 is 0 Å². The van der Waals surface area contributed by atoms with Crippen LogP contribution in [0.25, 0.3) is 108 Å². The summed E-state index contributed by atoms with van der Waals surface area (Å²) in [6.07, 6.45) is 2.05. The number of rotatable bonds is 5. The average molecular weight is 716 g/mol. The molecule has 0 spiro atoms. The minimum atomic E-state index is 0.963. The molecule has 0 aliphatic rings. The Morgan fingerprint density at radius 2 is 0.818 bits per heavy atom. The Balaban J connectivity index is 0.941. The molecule has 0 atom stereocenters. The lowest BCUT2D eigenvalue weighted by molar-refractivity contribution is 1.33. The highest BCUT2D eigenvalue weighted by Gasteiger charge is 2.17. The van der Waals surface area contributed by atoms with Crippen LogP contribution in [-0.4, -0.2) is 4.98 Å². The van der Waals surface area contributed by atoms with Crippen LogP contribution in [0.5, 0.6) is 0 Å². The van der Waals surface area contributed by atoms with Crippen molar-refractivity contribution in [3.63, 3.8) is 0 Å². The highest BCUT2D eigenvalue weighted by Crippen LogP contribution is 2.44. The molecule has 11 aromatic rings. The third-order valence-electron chi connectivity index (χ3n) is 11.1. The first-order valence-corrected chi connectivity index (χ1v) is 19.6. The minimum absolute atomic E-state index is 0.963. The summed E-state index contributed by atoms with van der Waals surface area (Å²) in [6.45, 7) is 0. The number of thiophene rings is 1. The molecule has 0 aliphatic carbocycles. The molecule has 9 aromatic carbocycles. The molecule has 2 heterocycles. The van der Waals surface area contributed by atoms with Crippen molar-refractivity contribution in [2.45, 2.75) is 0 Å². The quantitative estimate of drug-likeness (QED) is 0.162. The molecule has 0 aliphatic heterocycles. The molecule has 0 bridgehead atoms. The molecule has 256 valence electrons. The lowest BCUT2D eigenvalue weighted by Gasteiger charge is -2.18. The molecule has 0 saturated heterocycles. The Bertz CT molecular complexity index is 3160. The van der Waals surface area contributed by atoms with Crippen molar-refractivity contribution in [2.75, 3.05) is 0 Å². The number of fused-ring (bicyclic) bond motifs is 7. The van der Waals surface area contributed by atoms with Crippen molar-refractivity contribution in [3.8, 4) is 55.8 Å². The monoisotopic (exact) mass is 715 g/mol. The van der Waals surface area contributed by atoms with Gasteiger partial charge in [0.25, 0.3) is 0 Å². The topological polar surface area (TPSA) is 12.9 Å². The van der Waals surface area contributed by atoms with Crippen molar-refractivity contribution >= 4 is 63.8 Å². The third-order valence-corrected chi connectivity index (χ3v) is 12.4. The summed E-state index contributed by atoms with van der Waals surface area (Å²) in [5, 5.41) is 10.2. The lowest BCUT2D eigenvalue weighted by atomic mass is 9.86. The number of aromatic nitrogens is 1. The standard InChI is InChI=1S/C53H33NS/c1-2-10-34(11-3-1)35-20-24-39(25-21-35)51-43-14-6-8-16-45(43)52(46-17-9-7-15-44(46)51)41-27-30-49(54-33-41)38-22-18-36(19-23-38)40-28-31-50-48(32-40)47-29-26-37-12-4-5-13-42(37)53(47)55-50/h1-33H. The van der Waals surface area contributed by atoms with E-state index in [2.05, 4.69) is 194 Å². The molecular weight excluding hydrogens is 683 g/mol. The number of hydrogen-bond donors (Lipinski definition) is 0. The highest BCUT2D eigenvalue weighted by molar-refractivity contribution is 7.26. The van der Waals surface area contributed by atoms with Gasteiger partial charge in [-0.3, -0.25) is 4.98 Å². The van der Waals surface area contributed by atoms with Gasteiger partial charge in [0.15, 0.2) is 0 Å². The van der Waals surface area contributed by atoms with E-state index in [-0.39, 0.29) is 0 Å². The molecule has 0 fully saturated rings. The summed E-state index contributed by atoms with van der Waals surface area (Å²) in [5.41, 5.74) is 11.8. The lowest BCUT2D eigenvalue weighted by Crippen LogP contribution is -1.92. The van der Waals surface area contributed by atoms with Crippen LogP contribution in [0, 0.1) is 0 Å².